The lowest BCUT2D eigenvalue weighted by atomic mass is 9.87. The van der Waals surface area contributed by atoms with Crippen LogP contribution in [0.15, 0.2) is 42.5 Å². The van der Waals surface area contributed by atoms with Crippen LogP contribution in [0, 0.1) is 5.92 Å². The molecule has 0 aromatic heterocycles. The van der Waals surface area contributed by atoms with E-state index in [0.29, 0.717) is 18.3 Å². The fourth-order valence-corrected chi connectivity index (χ4v) is 3.00. The third-order valence-corrected chi connectivity index (χ3v) is 3.98. The van der Waals surface area contributed by atoms with E-state index in [1.807, 2.05) is 6.08 Å². The number of allylic oxidation sites excluding steroid dienone is 2. The summed E-state index contributed by atoms with van der Waals surface area (Å²) in [6, 6.07) is 10.7. The van der Waals surface area contributed by atoms with E-state index in [4.69, 9.17) is 5.11 Å². The summed E-state index contributed by atoms with van der Waals surface area (Å²) in [5, 5.41) is 8.61. The van der Waals surface area contributed by atoms with Crippen molar-refractivity contribution in [1.29, 1.82) is 0 Å². The molecular formula is C17H23NO2. The summed E-state index contributed by atoms with van der Waals surface area (Å²) in [6.45, 7) is 2.22. The Morgan fingerprint density at radius 2 is 2.05 bits per heavy atom. The zero-order chi connectivity index (χ0) is 14.4. The first-order valence-corrected chi connectivity index (χ1v) is 7.27. The van der Waals surface area contributed by atoms with Gasteiger partial charge in [0.05, 0.1) is 0 Å². The first-order chi connectivity index (χ1) is 9.66. The second-order valence-electron chi connectivity index (χ2n) is 5.64. The van der Waals surface area contributed by atoms with Gasteiger partial charge in [0.15, 0.2) is 0 Å². The third-order valence-electron chi connectivity index (χ3n) is 3.98. The van der Waals surface area contributed by atoms with E-state index >= 15 is 0 Å². The molecule has 3 heteroatoms. The predicted octanol–water partition coefficient (Wildman–Crippen LogP) is 3.14. The van der Waals surface area contributed by atoms with E-state index in [0.717, 1.165) is 19.5 Å². The fraction of sp³-hybridized carbons (Fsp3) is 0.471. The summed E-state index contributed by atoms with van der Waals surface area (Å²) in [5.41, 5.74) is 1.42. The largest absolute Gasteiger partial charge is 0.481 e. The normalized spacial score (nSPS) is 23.4. The number of benzene rings is 1. The summed E-state index contributed by atoms with van der Waals surface area (Å²) in [7, 11) is 2.17. The Bertz CT molecular complexity index is 455. The van der Waals surface area contributed by atoms with Gasteiger partial charge in [0.1, 0.15) is 0 Å². The lowest BCUT2D eigenvalue weighted by Crippen LogP contribution is -2.13. The van der Waals surface area contributed by atoms with Crippen molar-refractivity contribution in [1.82, 2.24) is 4.90 Å². The molecule has 0 amide bonds. The highest BCUT2D eigenvalue weighted by molar-refractivity contribution is 5.66. The number of carboxylic acids is 1. The Morgan fingerprint density at radius 1 is 1.30 bits per heavy atom. The van der Waals surface area contributed by atoms with Crippen LogP contribution < -0.4 is 0 Å². The van der Waals surface area contributed by atoms with E-state index in [-0.39, 0.29) is 6.42 Å². The maximum Gasteiger partial charge on any atom is 0.303 e. The molecule has 0 aliphatic carbocycles. The second-order valence-corrected chi connectivity index (χ2v) is 5.64. The monoisotopic (exact) mass is 273 g/mol. The highest BCUT2D eigenvalue weighted by Crippen LogP contribution is 2.34. The molecule has 2 atom stereocenters. The molecule has 0 spiro atoms. The standard InChI is InChI=1S/C17H23NO2/c1-18-12-15(10-6-3-7-11-17(19)20)16(13-18)14-8-4-2-5-9-14/h2-6,8-9,15-16H,7,10-13H2,1H3,(H,19,20)/t15-,16+/m0/s1. The van der Waals surface area contributed by atoms with E-state index in [1.165, 1.54) is 5.56 Å². The van der Waals surface area contributed by atoms with Gasteiger partial charge in [0.2, 0.25) is 0 Å². The number of hydrogen-bond acceptors (Lipinski definition) is 2. The summed E-state index contributed by atoms with van der Waals surface area (Å²) in [6.07, 6.45) is 6.05. The van der Waals surface area contributed by atoms with Crippen molar-refractivity contribution in [3.8, 4) is 0 Å². The van der Waals surface area contributed by atoms with Gasteiger partial charge in [-0.3, -0.25) is 4.79 Å². The fourth-order valence-electron chi connectivity index (χ4n) is 3.00. The molecule has 1 aromatic carbocycles. The van der Waals surface area contributed by atoms with Crippen molar-refractivity contribution in [2.45, 2.75) is 25.2 Å². The first kappa shape index (κ1) is 14.8. The van der Waals surface area contributed by atoms with E-state index in [2.05, 4.69) is 48.4 Å². The molecule has 3 nitrogen and oxygen atoms in total. The minimum atomic E-state index is -0.725. The number of likely N-dealkylation sites (N-methyl/N-ethyl adjacent to an activating group) is 1. The number of likely N-dealkylation sites (tertiary alicyclic amines) is 1. The van der Waals surface area contributed by atoms with Gasteiger partial charge < -0.3 is 10.0 Å². The number of rotatable bonds is 6. The van der Waals surface area contributed by atoms with Crippen LogP contribution >= 0.6 is 0 Å². The number of carboxylic acid groups (broad SMARTS) is 1. The minimum absolute atomic E-state index is 0.225. The first-order valence-electron chi connectivity index (χ1n) is 7.27. The maximum atomic E-state index is 10.5. The van der Waals surface area contributed by atoms with Gasteiger partial charge in [-0.05, 0) is 31.4 Å². The van der Waals surface area contributed by atoms with Crippen LogP contribution in [-0.4, -0.2) is 36.1 Å². The second kappa shape index (κ2) is 7.25. The number of nitrogens with zero attached hydrogens (tertiary/aromatic N) is 1. The number of carbonyl (C=O) groups is 1. The summed E-state index contributed by atoms with van der Waals surface area (Å²) < 4.78 is 0. The molecule has 0 saturated carbocycles. The van der Waals surface area contributed by atoms with Crippen LogP contribution in [0.5, 0.6) is 0 Å². The SMILES string of the molecule is CN1C[C@H](CC=CCCC(=O)O)[C@@H](c2ccccc2)C1. The lowest BCUT2D eigenvalue weighted by molar-refractivity contribution is -0.136. The van der Waals surface area contributed by atoms with Gasteiger partial charge in [-0.2, -0.15) is 0 Å². The molecular weight excluding hydrogens is 250 g/mol. The quantitative estimate of drug-likeness (QED) is 0.809. The summed E-state index contributed by atoms with van der Waals surface area (Å²) in [4.78, 5) is 12.8. The van der Waals surface area contributed by atoms with Gasteiger partial charge in [0, 0.05) is 25.4 Å². The Labute approximate surface area is 120 Å². The average molecular weight is 273 g/mol. The van der Waals surface area contributed by atoms with Crippen molar-refractivity contribution in [2.75, 3.05) is 20.1 Å². The topological polar surface area (TPSA) is 40.5 Å². The van der Waals surface area contributed by atoms with E-state index < -0.39 is 5.97 Å². The van der Waals surface area contributed by atoms with Gasteiger partial charge in [-0.1, -0.05) is 42.5 Å². The highest BCUT2D eigenvalue weighted by Gasteiger charge is 2.30. The zero-order valence-corrected chi connectivity index (χ0v) is 12.0. The summed E-state index contributed by atoms with van der Waals surface area (Å²) >= 11 is 0. The van der Waals surface area contributed by atoms with Crippen LogP contribution in [0.3, 0.4) is 0 Å². The molecule has 1 saturated heterocycles. The predicted molar refractivity (Wildman–Crippen MR) is 80.8 cm³/mol. The molecule has 0 bridgehead atoms. The highest BCUT2D eigenvalue weighted by atomic mass is 16.4. The maximum absolute atomic E-state index is 10.5. The van der Waals surface area contributed by atoms with E-state index in [1.54, 1.807) is 0 Å². The molecule has 2 rings (SSSR count). The lowest BCUT2D eigenvalue weighted by Gasteiger charge is -2.17. The van der Waals surface area contributed by atoms with Crippen LogP contribution in [0.4, 0.5) is 0 Å². The van der Waals surface area contributed by atoms with Crippen LogP contribution in [0.1, 0.15) is 30.7 Å². The van der Waals surface area contributed by atoms with Crippen molar-refractivity contribution in [3.05, 3.63) is 48.0 Å². The van der Waals surface area contributed by atoms with Crippen LogP contribution in [0.2, 0.25) is 0 Å². The minimum Gasteiger partial charge on any atom is -0.481 e. The molecule has 0 unspecified atom stereocenters. The molecule has 1 heterocycles. The van der Waals surface area contributed by atoms with Crippen molar-refractivity contribution < 1.29 is 9.90 Å². The summed E-state index contributed by atoms with van der Waals surface area (Å²) in [5.74, 6) is 0.492. The smallest absolute Gasteiger partial charge is 0.303 e. The molecule has 1 aliphatic heterocycles. The number of hydrogen-bond donors (Lipinski definition) is 1. The van der Waals surface area contributed by atoms with Crippen LogP contribution in [-0.2, 0) is 4.79 Å². The molecule has 108 valence electrons. The zero-order valence-electron chi connectivity index (χ0n) is 12.0. The average Bonchev–Trinajstić information content (AvgIpc) is 2.80. The van der Waals surface area contributed by atoms with Crippen molar-refractivity contribution in [2.24, 2.45) is 5.92 Å². The van der Waals surface area contributed by atoms with Gasteiger partial charge in [-0.15, -0.1) is 0 Å². The molecule has 0 radical (unpaired) electrons. The molecule has 1 N–H and O–H groups in total. The Balaban J connectivity index is 1.90. The molecule has 1 fully saturated rings. The third kappa shape index (κ3) is 4.20. The molecule has 20 heavy (non-hydrogen) atoms. The van der Waals surface area contributed by atoms with Crippen molar-refractivity contribution >= 4 is 5.97 Å². The van der Waals surface area contributed by atoms with E-state index in [9.17, 15) is 4.79 Å². The molecule has 1 aromatic rings. The van der Waals surface area contributed by atoms with Gasteiger partial charge >= 0.3 is 5.97 Å². The van der Waals surface area contributed by atoms with Gasteiger partial charge in [-0.25, -0.2) is 0 Å². The number of aliphatic carboxylic acids is 1. The van der Waals surface area contributed by atoms with Gasteiger partial charge in [0.25, 0.3) is 0 Å². The Morgan fingerprint density at radius 3 is 2.75 bits per heavy atom. The Kier molecular flexibility index (Phi) is 5.36. The molecule has 1 aliphatic rings. The van der Waals surface area contributed by atoms with Crippen LogP contribution in [0.25, 0.3) is 0 Å². The Hall–Kier alpha value is -1.61. The van der Waals surface area contributed by atoms with Crippen molar-refractivity contribution in [3.63, 3.8) is 0 Å².